The molecule has 0 bridgehead atoms. The van der Waals surface area contributed by atoms with Crippen LogP contribution in [-0.4, -0.2) is 53.9 Å². The van der Waals surface area contributed by atoms with Gasteiger partial charge in [-0.05, 0) is 50.7 Å². The standard InChI is InChI=1S/C22H31N5O4S/c1-14(2)12-23-21-7-6-18(13-24-21)32(29,30)27-9-8-17(10-15(27)3)25-22(28)19-11-20(31-26-19)16-4-5-16/h6-7,11,13-17H,4-5,8-10,12H2,1-3H3,(H,23,24)(H,25,28)/t15-,17-/m0/s1. The van der Waals surface area contributed by atoms with E-state index < -0.39 is 10.0 Å². The van der Waals surface area contributed by atoms with Gasteiger partial charge in [0.2, 0.25) is 10.0 Å². The van der Waals surface area contributed by atoms with Crippen molar-refractivity contribution in [1.29, 1.82) is 0 Å². The number of aromatic nitrogens is 2. The van der Waals surface area contributed by atoms with Crippen LogP contribution in [-0.2, 0) is 10.0 Å². The molecule has 2 N–H and O–H groups in total. The van der Waals surface area contributed by atoms with Crippen molar-refractivity contribution in [2.75, 3.05) is 18.4 Å². The van der Waals surface area contributed by atoms with Crippen LogP contribution < -0.4 is 10.6 Å². The Morgan fingerprint density at radius 1 is 1.28 bits per heavy atom. The van der Waals surface area contributed by atoms with Gasteiger partial charge in [-0.2, -0.15) is 4.31 Å². The van der Waals surface area contributed by atoms with E-state index in [-0.39, 0.29) is 28.6 Å². The molecule has 0 aromatic carbocycles. The largest absolute Gasteiger partial charge is 0.370 e. The maximum absolute atomic E-state index is 13.2. The first kappa shape index (κ1) is 22.7. The van der Waals surface area contributed by atoms with Gasteiger partial charge in [-0.15, -0.1) is 0 Å². The van der Waals surface area contributed by atoms with Gasteiger partial charge in [-0.25, -0.2) is 13.4 Å². The Morgan fingerprint density at radius 3 is 2.69 bits per heavy atom. The second-order valence-electron chi connectivity index (χ2n) is 9.20. The first-order valence-electron chi connectivity index (χ1n) is 11.2. The number of hydrogen-bond donors (Lipinski definition) is 2. The predicted octanol–water partition coefficient (Wildman–Crippen LogP) is 2.99. The van der Waals surface area contributed by atoms with Crippen LogP contribution >= 0.6 is 0 Å². The van der Waals surface area contributed by atoms with Crippen molar-refractivity contribution in [2.45, 2.75) is 69.4 Å². The summed E-state index contributed by atoms with van der Waals surface area (Å²) in [7, 11) is -3.66. The highest BCUT2D eigenvalue weighted by molar-refractivity contribution is 7.89. The quantitative estimate of drug-likeness (QED) is 0.620. The Balaban J connectivity index is 1.35. The summed E-state index contributed by atoms with van der Waals surface area (Å²) < 4.78 is 33.1. The zero-order valence-electron chi connectivity index (χ0n) is 18.7. The van der Waals surface area contributed by atoms with Crippen LogP contribution in [0.3, 0.4) is 0 Å². The van der Waals surface area contributed by atoms with Gasteiger partial charge in [0, 0.05) is 43.4 Å². The molecule has 10 heteroatoms. The summed E-state index contributed by atoms with van der Waals surface area (Å²) in [4.78, 5) is 17.0. The highest BCUT2D eigenvalue weighted by Crippen LogP contribution is 2.40. The van der Waals surface area contributed by atoms with Crippen molar-refractivity contribution in [3.8, 4) is 0 Å². The van der Waals surface area contributed by atoms with Crippen LogP contribution in [0.5, 0.6) is 0 Å². The Morgan fingerprint density at radius 2 is 2.06 bits per heavy atom. The molecule has 1 saturated heterocycles. The predicted molar refractivity (Wildman–Crippen MR) is 120 cm³/mol. The van der Waals surface area contributed by atoms with Gasteiger partial charge in [-0.1, -0.05) is 19.0 Å². The van der Waals surface area contributed by atoms with E-state index >= 15 is 0 Å². The number of pyridine rings is 1. The second kappa shape index (κ2) is 9.19. The number of nitrogens with one attached hydrogen (secondary N) is 2. The third-order valence-corrected chi connectivity index (χ3v) is 7.92. The SMILES string of the molecule is CC(C)CNc1ccc(S(=O)(=O)N2CC[C@H](NC(=O)c3cc(C4CC4)on3)C[C@@H]2C)cn1. The van der Waals surface area contributed by atoms with Crippen molar-refractivity contribution in [1.82, 2.24) is 19.8 Å². The lowest BCUT2D eigenvalue weighted by atomic mass is 10.0. The van der Waals surface area contributed by atoms with Crippen LogP contribution in [0.25, 0.3) is 0 Å². The monoisotopic (exact) mass is 461 g/mol. The van der Waals surface area contributed by atoms with Crippen molar-refractivity contribution in [2.24, 2.45) is 5.92 Å². The van der Waals surface area contributed by atoms with Crippen LogP contribution in [0.15, 0.2) is 33.8 Å². The average molecular weight is 462 g/mol. The van der Waals surface area contributed by atoms with E-state index in [0.29, 0.717) is 37.0 Å². The van der Waals surface area contributed by atoms with Crippen molar-refractivity contribution < 1.29 is 17.7 Å². The summed E-state index contributed by atoms with van der Waals surface area (Å²) in [6, 6.07) is 4.62. The summed E-state index contributed by atoms with van der Waals surface area (Å²) in [5, 5.41) is 10.0. The first-order valence-corrected chi connectivity index (χ1v) is 12.7. The second-order valence-corrected chi connectivity index (χ2v) is 11.1. The normalized spacial score (nSPS) is 22.1. The van der Waals surface area contributed by atoms with Gasteiger partial charge < -0.3 is 15.2 Å². The number of amides is 1. The minimum Gasteiger partial charge on any atom is -0.370 e. The molecule has 174 valence electrons. The Hall–Kier alpha value is -2.46. The zero-order chi connectivity index (χ0) is 22.9. The van der Waals surface area contributed by atoms with Gasteiger partial charge >= 0.3 is 0 Å². The smallest absolute Gasteiger partial charge is 0.273 e. The average Bonchev–Trinajstić information content (AvgIpc) is 3.48. The third-order valence-electron chi connectivity index (χ3n) is 5.93. The lowest BCUT2D eigenvalue weighted by Gasteiger charge is -2.36. The van der Waals surface area contributed by atoms with Crippen molar-refractivity contribution in [3.05, 3.63) is 35.9 Å². The first-order chi connectivity index (χ1) is 15.2. The topological polar surface area (TPSA) is 117 Å². The summed E-state index contributed by atoms with van der Waals surface area (Å²) in [5.41, 5.74) is 0.284. The van der Waals surface area contributed by atoms with Crippen LogP contribution in [0, 0.1) is 5.92 Å². The maximum atomic E-state index is 13.2. The Bertz CT molecular complexity index is 1050. The molecule has 0 radical (unpaired) electrons. The van der Waals surface area contributed by atoms with Gasteiger partial charge in [0.1, 0.15) is 16.5 Å². The molecule has 1 saturated carbocycles. The number of carbonyl (C=O) groups is 1. The van der Waals surface area contributed by atoms with Crippen molar-refractivity contribution in [3.63, 3.8) is 0 Å². The fraction of sp³-hybridized carbons (Fsp3) is 0.591. The molecule has 1 amide bonds. The molecule has 0 spiro atoms. The van der Waals surface area contributed by atoms with Crippen LogP contribution in [0.2, 0.25) is 0 Å². The minimum atomic E-state index is -3.66. The van der Waals surface area contributed by atoms with E-state index in [0.717, 1.165) is 25.1 Å². The zero-order valence-corrected chi connectivity index (χ0v) is 19.6. The highest BCUT2D eigenvalue weighted by atomic mass is 32.2. The molecule has 1 aliphatic carbocycles. The lowest BCUT2D eigenvalue weighted by Crippen LogP contribution is -2.50. The van der Waals surface area contributed by atoms with E-state index in [4.69, 9.17) is 4.52 Å². The number of rotatable bonds is 8. The van der Waals surface area contributed by atoms with Crippen LogP contribution in [0.4, 0.5) is 5.82 Å². The van der Waals surface area contributed by atoms with Gasteiger partial charge in [0.05, 0.1) is 0 Å². The number of nitrogens with zero attached hydrogens (tertiary/aromatic N) is 3. The van der Waals surface area contributed by atoms with Gasteiger partial charge in [0.15, 0.2) is 5.69 Å². The summed E-state index contributed by atoms with van der Waals surface area (Å²) in [6.07, 6.45) is 4.62. The number of sulfonamides is 1. The number of anilines is 1. The molecule has 4 rings (SSSR count). The molecule has 3 heterocycles. The minimum absolute atomic E-state index is 0.120. The van der Waals surface area contributed by atoms with E-state index in [1.807, 2.05) is 6.92 Å². The molecule has 9 nitrogen and oxygen atoms in total. The molecule has 32 heavy (non-hydrogen) atoms. The fourth-order valence-electron chi connectivity index (χ4n) is 3.94. The van der Waals surface area contributed by atoms with E-state index in [2.05, 4.69) is 34.6 Å². The molecule has 2 aromatic heterocycles. The molecule has 0 unspecified atom stereocenters. The Labute approximate surface area is 189 Å². The number of hydrogen-bond acceptors (Lipinski definition) is 7. The molecule has 2 fully saturated rings. The van der Waals surface area contributed by atoms with Crippen LogP contribution in [0.1, 0.15) is 68.6 Å². The van der Waals surface area contributed by atoms with E-state index in [1.165, 1.54) is 10.5 Å². The summed E-state index contributed by atoms with van der Waals surface area (Å²) in [5.74, 6) is 2.01. The van der Waals surface area contributed by atoms with E-state index in [1.54, 1.807) is 18.2 Å². The van der Waals surface area contributed by atoms with Gasteiger partial charge in [0.25, 0.3) is 5.91 Å². The molecule has 2 aliphatic rings. The van der Waals surface area contributed by atoms with Gasteiger partial charge in [-0.3, -0.25) is 4.79 Å². The van der Waals surface area contributed by atoms with Crippen molar-refractivity contribution >= 4 is 21.7 Å². The molecule has 2 atom stereocenters. The maximum Gasteiger partial charge on any atom is 0.273 e. The third kappa shape index (κ3) is 5.12. The van der Waals surface area contributed by atoms with E-state index in [9.17, 15) is 13.2 Å². The molecule has 1 aliphatic heterocycles. The molecular weight excluding hydrogens is 430 g/mol. The lowest BCUT2D eigenvalue weighted by molar-refractivity contribution is 0.0905. The summed E-state index contributed by atoms with van der Waals surface area (Å²) >= 11 is 0. The molecule has 2 aromatic rings. The fourth-order valence-corrected chi connectivity index (χ4v) is 5.54. The molecular formula is C22H31N5O4S. The Kier molecular flexibility index (Phi) is 6.52. The number of carbonyl (C=O) groups excluding carboxylic acids is 1. The number of piperidine rings is 1. The summed E-state index contributed by atoms with van der Waals surface area (Å²) in [6.45, 7) is 7.15. The highest BCUT2D eigenvalue weighted by Gasteiger charge is 2.36.